The number of benzene rings is 2. The Kier molecular flexibility index (Phi) is 5.98. The van der Waals surface area contributed by atoms with Crippen LogP contribution in [0.15, 0.2) is 48.5 Å². The van der Waals surface area contributed by atoms with Gasteiger partial charge in [0.25, 0.3) is 0 Å². The van der Waals surface area contributed by atoms with E-state index in [4.69, 9.17) is 14.5 Å². The summed E-state index contributed by atoms with van der Waals surface area (Å²) in [4.78, 5) is 18.3. The molecule has 2 aromatic carbocycles. The number of tetrazole rings is 1. The molecule has 0 unspecified atom stereocenters. The maximum Gasteiger partial charge on any atom is 0.339 e. The summed E-state index contributed by atoms with van der Waals surface area (Å²) in [6, 6.07) is 15.2. The van der Waals surface area contributed by atoms with Gasteiger partial charge in [0.2, 0.25) is 0 Å². The molecule has 0 radical (unpaired) electrons. The van der Waals surface area contributed by atoms with Crippen LogP contribution in [-0.4, -0.2) is 43.8 Å². The van der Waals surface area contributed by atoms with Crippen LogP contribution in [0.4, 0.5) is 0 Å². The first-order valence-electron chi connectivity index (χ1n) is 8.20. The second-order valence-corrected chi connectivity index (χ2v) is 7.59. The van der Waals surface area contributed by atoms with Gasteiger partial charge < -0.3 is 14.5 Å². The van der Waals surface area contributed by atoms with E-state index in [1.54, 1.807) is 7.11 Å². The SMILES string of the molecule is COc1cc(-c2ccccc2)ccc1C[C@H](NCP(=O)(O)O)c1nn[nH]n1. The van der Waals surface area contributed by atoms with E-state index in [9.17, 15) is 4.57 Å². The molecule has 10 heteroatoms. The Morgan fingerprint density at radius 3 is 2.59 bits per heavy atom. The smallest absolute Gasteiger partial charge is 0.339 e. The van der Waals surface area contributed by atoms with E-state index >= 15 is 0 Å². The standard InChI is InChI=1S/C17H20N5O4P/c1-26-16-10-13(12-5-3-2-4-6-12)7-8-14(16)9-15(17-19-21-22-20-17)18-11-27(23,24)25/h2-8,10,15,18H,9,11H2,1H3,(H2,23,24,25)(H,19,20,21,22)/t15-/m0/s1. The Balaban J connectivity index is 1.86. The number of aromatic amines is 1. The van der Waals surface area contributed by atoms with Gasteiger partial charge in [-0.05, 0) is 29.2 Å². The van der Waals surface area contributed by atoms with Crippen LogP contribution in [0, 0.1) is 0 Å². The summed E-state index contributed by atoms with van der Waals surface area (Å²) in [5.74, 6) is 0.987. The molecule has 3 rings (SSSR count). The van der Waals surface area contributed by atoms with Gasteiger partial charge in [-0.15, -0.1) is 10.2 Å². The number of hydrogen-bond donors (Lipinski definition) is 4. The van der Waals surface area contributed by atoms with Crippen molar-refractivity contribution in [2.24, 2.45) is 0 Å². The topological polar surface area (TPSA) is 133 Å². The van der Waals surface area contributed by atoms with Gasteiger partial charge in [0.1, 0.15) is 5.75 Å². The molecule has 142 valence electrons. The highest BCUT2D eigenvalue weighted by Gasteiger charge is 2.22. The minimum absolute atomic E-state index is 0.317. The molecule has 1 heterocycles. The van der Waals surface area contributed by atoms with Crippen LogP contribution in [0.5, 0.6) is 5.75 Å². The van der Waals surface area contributed by atoms with Crippen LogP contribution in [0.25, 0.3) is 11.1 Å². The van der Waals surface area contributed by atoms with Crippen LogP contribution in [0.1, 0.15) is 17.4 Å². The van der Waals surface area contributed by atoms with Gasteiger partial charge in [0, 0.05) is 0 Å². The van der Waals surface area contributed by atoms with Crippen molar-refractivity contribution in [1.29, 1.82) is 0 Å². The van der Waals surface area contributed by atoms with Crippen LogP contribution < -0.4 is 10.1 Å². The van der Waals surface area contributed by atoms with Crippen molar-refractivity contribution in [3.8, 4) is 16.9 Å². The van der Waals surface area contributed by atoms with Crippen molar-refractivity contribution in [2.75, 3.05) is 13.4 Å². The fourth-order valence-corrected chi connectivity index (χ4v) is 3.20. The molecule has 0 saturated heterocycles. The summed E-state index contributed by atoms with van der Waals surface area (Å²) < 4.78 is 16.8. The number of H-pyrrole nitrogens is 1. The molecule has 9 nitrogen and oxygen atoms in total. The molecule has 0 aliphatic heterocycles. The number of hydrogen-bond acceptors (Lipinski definition) is 6. The minimum Gasteiger partial charge on any atom is -0.496 e. The minimum atomic E-state index is -4.22. The molecule has 0 fully saturated rings. The fraction of sp³-hybridized carbons (Fsp3) is 0.235. The molecule has 4 N–H and O–H groups in total. The molecule has 0 spiro atoms. The molecular formula is C17H20N5O4P. The second-order valence-electron chi connectivity index (χ2n) is 5.95. The molecule has 0 aliphatic rings. The molecule has 27 heavy (non-hydrogen) atoms. The van der Waals surface area contributed by atoms with E-state index in [0.717, 1.165) is 16.7 Å². The van der Waals surface area contributed by atoms with Crippen LogP contribution in [0.2, 0.25) is 0 Å². The van der Waals surface area contributed by atoms with Crippen LogP contribution >= 0.6 is 7.60 Å². The van der Waals surface area contributed by atoms with E-state index in [2.05, 4.69) is 25.9 Å². The number of rotatable bonds is 8. The molecule has 0 bridgehead atoms. The summed E-state index contributed by atoms with van der Waals surface area (Å²) in [5, 5.41) is 16.5. The monoisotopic (exact) mass is 389 g/mol. The predicted octanol–water partition coefficient (Wildman–Crippen LogP) is 1.88. The number of aromatic nitrogens is 4. The molecule has 1 atom stereocenters. The van der Waals surface area contributed by atoms with Gasteiger partial charge >= 0.3 is 7.60 Å². The van der Waals surface area contributed by atoms with Gasteiger partial charge in [0.05, 0.1) is 19.4 Å². The predicted molar refractivity (Wildman–Crippen MR) is 99.1 cm³/mol. The molecular weight excluding hydrogens is 369 g/mol. The Hall–Kier alpha value is -2.58. The molecule has 3 aromatic rings. The van der Waals surface area contributed by atoms with Gasteiger partial charge in [0.15, 0.2) is 5.82 Å². The summed E-state index contributed by atoms with van der Waals surface area (Å²) in [6.45, 7) is 0. The zero-order chi connectivity index (χ0) is 19.3. The number of nitrogens with one attached hydrogen (secondary N) is 2. The van der Waals surface area contributed by atoms with Crippen LogP contribution in [0.3, 0.4) is 0 Å². The molecule has 0 saturated carbocycles. The van der Waals surface area contributed by atoms with Crippen molar-refractivity contribution in [2.45, 2.75) is 12.5 Å². The summed E-state index contributed by atoms with van der Waals surface area (Å²) in [5.41, 5.74) is 2.93. The normalized spacial score (nSPS) is 12.7. The van der Waals surface area contributed by atoms with Crippen molar-refractivity contribution in [3.63, 3.8) is 0 Å². The van der Waals surface area contributed by atoms with Gasteiger partial charge in [-0.2, -0.15) is 5.21 Å². The highest BCUT2D eigenvalue weighted by Crippen LogP contribution is 2.34. The van der Waals surface area contributed by atoms with Crippen molar-refractivity contribution >= 4 is 7.60 Å². The van der Waals surface area contributed by atoms with Gasteiger partial charge in [-0.25, -0.2) is 0 Å². The van der Waals surface area contributed by atoms with Gasteiger partial charge in [-0.3, -0.25) is 9.88 Å². The second kappa shape index (κ2) is 8.41. The highest BCUT2D eigenvalue weighted by molar-refractivity contribution is 7.51. The first-order valence-corrected chi connectivity index (χ1v) is 9.99. The molecule has 0 aliphatic carbocycles. The van der Waals surface area contributed by atoms with E-state index in [1.165, 1.54) is 0 Å². The lowest BCUT2D eigenvalue weighted by molar-refractivity contribution is 0.361. The summed E-state index contributed by atoms with van der Waals surface area (Å²) in [6.07, 6.45) is -0.117. The first-order chi connectivity index (χ1) is 13.0. The third kappa shape index (κ3) is 5.21. The first kappa shape index (κ1) is 19.2. The van der Waals surface area contributed by atoms with Crippen molar-refractivity contribution < 1.29 is 19.1 Å². The Morgan fingerprint density at radius 2 is 1.96 bits per heavy atom. The Morgan fingerprint density at radius 1 is 1.19 bits per heavy atom. The Bertz CT molecular complexity index is 914. The zero-order valence-corrected chi connectivity index (χ0v) is 15.5. The third-order valence-electron chi connectivity index (χ3n) is 4.04. The average molecular weight is 389 g/mol. The maximum atomic E-state index is 11.2. The fourth-order valence-electron chi connectivity index (χ4n) is 2.74. The lowest BCUT2D eigenvalue weighted by atomic mass is 9.99. The zero-order valence-electron chi connectivity index (χ0n) is 14.6. The number of methoxy groups -OCH3 is 1. The average Bonchev–Trinajstić information content (AvgIpc) is 3.19. The summed E-state index contributed by atoms with van der Waals surface area (Å²) >= 11 is 0. The molecule has 0 amide bonds. The lowest BCUT2D eigenvalue weighted by Gasteiger charge is -2.18. The van der Waals surface area contributed by atoms with E-state index in [0.29, 0.717) is 18.0 Å². The Labute approximate surface area is 155 Å². The highest BCUT2D eigenvalue weighted by atomic mass is 31.2. The number of nitrogens with zero attached hydrogens (tertiary/aromatic N) is 3. The number of ether oxygens (including phenoxy) is 1. The lowest BCUT2D eigenvalue weighted by Crippen LogP contribution is -2.25. The maximum absolute atomic E-state index is 11.2. The largest absolute Gasteiger partial charge is 0.496 e. The van der Waals surface area contributed by atoms with E-state index in [-0.39, 0.29) is 0 Å². The van der Waals surface area contributed by atoms with E-state index in [1.807, 2.05) is 48.5 Å². The molecule has 1 aromatic heterocycles. The third-order valence-corrected chi connectivity index (χ3v) is 4.63. The summed E-state index contributed by atoms with van der Waals surface area (Å²) in [7, 11) is -2.64. The van der Waals surface area contributed by atoms with E-state index < -0.39 is 19.9 Å². The van der Waals surface area contributed by atoms with Crippen LogP contribution in [-0.2, 0) is 11.0 Å². The van der Waals surface area contributed by atoms with Crippen molar-refractivity contribution in [1.82, 2.24) is 25.9 Å². The van der Waals surface area contributed by atoms with Crippen molar-refractivity contribution in [3.05, 3.63) is 59.9 Å². The quantitative estimate of drug-likeness (QED) is 0.429. The van der Waals surface area contributed by atoms with Gasteiger partial charge in [-0.1, -0.05) is 47.7 Å².